The first-order valence-electron chi connectivity index (χ1n) is 6.03. The molecular formula is C14H16N4. The summed E-state index contributed by atoms with van der Waals surface area (Å²) < 4.78 is 4.18. The molecule has 0 radical (unpaired) electrons. The van der Waals surface area contributed by atoms with E-state index in [0.717, 1.165) is 17.9 Å². The van der Waals surface area contributed by atoms with E-state index in [4.69, 9.17) is 0 Å². The van der Waals surface area contributed by atoms with Crippen molar-refractivity contribution in [1.82, 2.24) is 19.1 Å². The fraction of sp³-hybridized carbons (Fsp3) is 0.286. The molecule has 0 saturated heterocycles. The van der Waals surface area contributed by atoms with Crippen molar-refractivity contribution >= 4 is 11.0 Å². The topological polar surface area (TPSA) is 35.6 Å². The van der Waals surface area contributed by atoms with Crippen LogP contribution in [0.4, 0.5) is 0 Å². The Morgan fingerprint density at radius 3 is 2.61 bits per heavy atom. The third-order valence-electron chi connectivity index (χ3n) is 3.47. The first-order chi connectivity index (χ1) is 8.65. The van der Waals surface area contributed by atoms with Crippen LogP contribution in [0.5, 0.6) is 0 Å². The normalized spacial score (nSPS) is 11.3. The van der Waals surface area contributed by atoms with Crippen molar-refractivity contribution in [2.75, 3.05) is 0 Å². The van der Waals surface area contributed by atoms with Gasteiger partial charge in [-0.1, -0.05) is 0 Å². The minimum Gasteiger partial charge on any atom is -0.337 e. The molecule has 0 bridgehead atoms. The number of aromatic nitrogens is 4. The average Bonchev–Trinajstić information content (AvgIpc) is 2.90. The first kappa shape index (κ1) is 11.0. The molecule has 3 aromatic rings. The number of hydrogen-bond donors (Lipinski definition) is 0. The molecular weight excluding hydrogens is 224 g/mol. The predicted molar refractivity (Wildman–Crippen MR) is 71.5 cm³/mol. The Kier molecular flexibility index (Phi) is 2.44. The van der Waals surface area contributed by atoms with Gasteiger partial charge in [0.15, 0.2) is 0 Å². The summed E-state index contributed by atoms with van der Waals surface area (Å²) >= 11 is 0. The molecule has 0 unspecified atom stereocenters. The van der Waals surface area contributed by atoms with Crippen molar-refractivity contribution in [3.05, 3.63) is 47.8 Å². The summed E-state index contributed by atoms with van der Waals surface area (Å²) in [6, 6.07) is 4.33. The van der Waals surface area contributed by atoms with Gasteiger partial charge in [-0.2, -0.15) is 0 Å². The lowest BCUT2D eigenvalue weighted by Crippen LogP contribution is -2.04. The van der Waals surface area contributed by atoms with Crippen LogP contribution < -0.4 is 0 Å². The van der Waals surface area contributed by atoms with E-state index in [-0.39, 0.29) is 0 Å². The highest BCUT2D eigenvalue weighted by Crippen LogP contribution is 2.19. The number of fused-ring (bicyclic) bond motifs is 1. The molecule has 0 atom stereocenters. The van der Waals surface area contributed by atoms with E-state index in [1.807, 2.05) is 30.3 Å². The van der Waals surface area contributed by atoms with Crippen LogP contribution in [0.2, 0.25) is 0 Å². The van der Waals surface area contributed by atoms with Gasteiger partial charge in [0.2, 0.25) is 0 Å². The minimum absolute atomic E-state index is 0.752. The van der Waals surface area contributed by atoms with Crippen LogP contribution in [0.1, 0.15) is 17.0 Å². The molecule has 4 nitrogen and oxygen atoms in total. The maximum Gasteiger partial charge on any atom is 0.128 e. The van der Waals surface area contributed by atoms with Crippen molar-refractivity contribution in [1.29, 1.82) is 0 Å². The molecule has 0 spiro atoms. The van der Waals surface area contributed by atoms with Crippen LogP contribution >= 0.6 is 0 Å². The predicted octanol–water partition coefficient (Wildman–Crippen LogP) is 2.43. The minimum atomic E-state index is 0.752. The Labute approximate surface area is 106 Å². The smallest absolute Gasteiger partial charge is 0.128 e. The quantitative estimate of drug-likeness (QED) is 0.689. The second-order valence-electron chi connectivity index (χ2n) is 4.75. The largest absolute Gasteiger partial charge is 0.337 e. The second-order valence-corrected chi connectivity index (χ2v) is 4.75. The van der Waals surface area contributed by atoms with Crippen molar-refractivity contribution in [2.24, 2.45) is 7.05 Å². The summed E-state index contributed by atoms with van der Waals surface area (Å²) in [4.78, 5) is 8.81. The third kappa shape index (κ3) is 1.70. The second kappa shape index (κ2) is 3.98. The molecule has 1 aromatic carbocycles. The lowest BCUT2D eigenvalue weighted by atomic mass is 10.1. The average molecular weight is 240 g/mol. The maximum absolute atomic E-state index is 4.46. The van der Waals surface area contributed by atoms with Gasteiger partial charge in [-0.3, -0.25) is 0 Å². The van der Waals surface area contributed by atoms with Crippen LogP contribution in [0, 0.1) is 13.8 Å². The van der Waals surface area contributed by atoms with E-state index in [2.05, 4.69) is 40.5 Å². The van der Waals surface area contributed by atoms with Gasteiger partial charge in [0, 0.05) is 19.4 Å². The summed E-state index contributed by atoms with van der Waals surface area (Å²) in [5, 5.41) is 0. The summed E-state index contributed by atoms with van der Waals surface area (Å²) in [5.74, 6) is 1.03. The molecule has 3 rings (SSSR count). The number of aryl methyl sites for hydroxylation is 3. The van der Waals surface area contributed by atoms with Crippen LogP contribution in [-0.4, -0.2) is 19.1 Å². The lowest BCUT2D eigenvalue weighted by Gasteiger charge is -2.06. The van der Waals surface area contributed by atoms with E-state index in [1.165, 1.54) is 16.6 Å². The third-order valence-corrected chi connectivity index (χ3v) is 3.47. The van der Waals surface area contributed by atoms with Gasteiger partial charge in [-0.05, 0) is 37.1 Å². The van der Waals surface area contributed by atoms with Gasteiger partial charge in [0.25, 0.3) is 0 Å². The van der Waals surface area contributed by atoms with Gasteiger partial charge in [0.05, 0.1) is 23.9 Å². The van der Waals surface area contributed by atoms with Crippen molar-refractivity contribution < 1.29 is 0 Å². The number of imidazole rings is 2. The van der Waals surface area contributed by atoms with Crippen LogP contribution in [-0.2, 0) is 13.6 Å². The van der Waals surface area contributed by atoms with Crippen LogP contribution in [0.3, 0.4) is 0 Å². The Morgan fingerprint density at radius 1 is 1.11 bits per heavy atom. The van der Waals surface area contributed by atoms with Crippen molar-refractivity contribution in [2.45, 2.75) is 20.4 Å². The molecule has 0 aliphatic carbocycles. The molecule has 2 aromatic heterocycles. The number of nitrogens with zero attached hydrogens (tertiary/aromatic N) is 4. The van der Waals surface area contributed by atoms with E-state index in [0.29, 0.717) is 0 Å². The highest BCUT2D eigenvalue weighted by atomic mass is 15.1. The highest BCUT2D eigenvalue weighted by Gasteiger charge is 2.07. The zero-order valence-corrected chi connectivity index (χ0v) is 10.9. The number of hydrogen-bond acceptors (Lipinski definition) is 2. The fourth-order valence-electron chi connectivity index (χ4n) is 2.14. The zero-order chi connectivity index (χ0) is 12.7. The van der Waals surface area contributed by atoms with Gasteiger partial charge in [-0.25, -0.2) is 9.97 Å². The molecule has 18 heavy (non-hydrogen) atoms. The lowest BCUT2D eigenvalue weighted by molar-refractivity contribution is 0.713. The Bertz CT molecular complexity index is 706. The molecule has 0 fully saturated rings. The molecule has 0 N–H and O–H groups in total. The number of benzene rings is 1. The maximum atomic E-state index is 4.46. The van der Waals surface area contributed by atoms with Gasteiger partial charge < -0.3 is 9.13 Å². The molecule has 92 valence electrons. The van der Waals surface area contributed by atoms with E-state index in [9.17, 15) is 0 Å². The SMILES string of the molecule is Cc1cc2ncn(Cc3nccn3C)c2cc1C. The molecule has 0 aliphatic rings. The number of rotatable bonds is 2. The van der Waals surface area contributed by atoms with Gasteiger partial charge in [-0.15, -0.1) is 0 Å². The fourth-order valence-corrected chi connectivity index (χ4v) is 2.14. The van der Waals surface area contributed by atoms with Gasteiger partial charge >= 0.3 is 0 Å². The van der Waals surface area contributed by atoms with Crippen LogP contribution in [0.25, 0.3) is 11.0 Å². The highest BCUT2D eigenvalue weighted by molar-refractivity contribution is 5.77. The van der Waals surface area contributed by atoms with E-state index in [1.54, 1.807) is 0 Å². The summed E-state index contributed by atoms with van der Waals surface area (Å²) in [6.45, 7) is 5.00. The molecule has 2 heterocycles. The Hall–Kier alpha value is -2.10. The Balaban J connectivity index is 2.08. The van der Waals surface area contributed by atoms with Crippen molar-refractivity contribution in [3.8, 4) is 0 Å². The molecule has 0 amide bonds. The van der Waals surface area contributed by atoms with E-state index < -0.39 is 0 Å². The molecule has 0 aliphatic heterocycles. The molecule has 4 heteroatoms. The van der Waals surface area contributed by atoms with Crippen LogP contribution in [0.15, 0.2) is 30.9 Å². The van der Waals surface area contributed by atoms with Crippen molar-refractivity contribution in [3.63, 3.8) is 0 Å². The summed E-state index contributed by atoms with van der Waals surface area (Å²) in [5.41, 5.74) is 4.79. The zero-order valence-electron chi connectivity index (χ0n) is 10.9. The first-order valence-corrected chi connectivity index (χ1v) is 6.03. The monoisotopic (exact) mass is 240 g/mol. The summed E-state index contributed by atoms with van der Waals surface area (Å²) in [6.07, 6.45) is 5.67. The molecule has 0 saturated carbocycles. The Morgan fingerprint density at radius 2 is 1.89 bits per heavy atom. The van der Waals surface area contributed by atoms with Gasteiger partial charge in [0.1, 0.15) is 5.82 Å². The van der Waals surface area contributed by atoms with E-state index >= 15 is 0 Å². The standard InChI is InChI=1S/C14H16N4/c1-10-6-12-13(7-11(10)2)18(9-16-12)8-14-15-4-5-17(14)3/h4-7,9H,8H2,1-3H3. The summed E-state index contributed by atoms with van der Waals surface area (Å²) in [7, 11) is 2.01.